The van der Waals surface area contributed by atoms with E-state index in [9.17, 15) is 9.59 Å². The van der Waals surface area contributed by atoms with Crippen molar-refractivity contribution in [1.82, 2.24) is 9.80 Å². The first kappa shape index (κ1) is 27.3. The Morgan fingerprint density at radius 2 is 1.06 bits per heavy atom. The molecule has 0 aliphatic carbocycles. The van der Waals surface area contributed by atoms with Crippen LogP contribution in [0.5, 0.6) is 23.0 Å². The fraction of sp³-hybridized carbons (Fsp3) is 0.417. The molecule has 12 heteroatoms. The van der Waals surface area contributed by atoms with Gasteiger partial charge in [0.25, 0.3) is 0 Å². The molecular formula is C24H28Cl2N2O8. The molecule has 2 aromatic carbocycles. The quantitative estimate of drug-likeness (QED) is 0.427. The van der Waals surface area contributed by atoms with Crippen LogP contribution in [0.4, 0.5) is 9.59 Å². The van der Waals surface area contributed by atoms with Crippen LogP contribution in [-0.4, -0.2) is 75.0 Å². The first-order chi connectivity index (χ1) is 17.2. The highest BCUT2D eigenvalue weighted by Gasteiger charge is 2.28. The molecular weight excluding hydrogens is 515 g/mol. The number of halogens is 2. The predicted octanol–water partition coefficient (Wildman–Crippen LogP) is 5.05. The predicted molar refractivity (Wildman–Crippen MR) is 132 cm³/mol. The first-order valence-electron chi connectivity index (χ1n) is 11.1. The zero-order valence-corrected chi connectivity index (χ0v) is 21.9. The van der Waals surface area contributed by atoms with Crippen LogP contribution < -0.4 is 18.9 Å². The number of nitrogens with zero attached hydrogens (tertiary/aromatic N) is 2. The molecule has 0 N–H and O–H groups in total. The molecule has 0 spiro atoms. The average molecular weight is 543 g/mol. The van der Waals surface area contributed by atoms with E-state index in [2.05, 4.69) is 0 Å². The van der Waals surface area contributed by atoms with E-state index in [1.54, 1.807) is 50.2 Å². The highest BCUT2D eigenvalue weighted by Crippen LogP contribution is 2.32. The van der Waals surface area contributed by atoms with E-state index >= 15 is 0 Å². The molecule has 2 aromatic rings. The zero-order chi connectivity index (χ0) is 26.2. The Hall–Kier alpha value is -3.24. The van der Waals surface area contributed by atoms with E-state index in [1.807, 2.05) is 0 Å². The minimum atomic E-state index is -0.876. The third-order valence-corrected chi connectivity index (χ3v) is 5.64. The van der Waals surface area contributed by atoms with E-state index in [-0.39, 0.29) is 26.2 Å². The molecule has 1 aliphatic rings. The summed E-state index contributed by atoms with van der Waals surface area (Å²) in [5, 5.41) is 0.983. The van der Waals surface area contributed by atoms with E-state index in [1.165, 1.54) is 24.0 Å². The van der Waals surface area contributed by atoms with Gasteiger partial charge in [-0.15, -0.1) is 0 Å². The molecule has 0 radical (unpaired) electrons. The van der Waals surface area contributed by atoms with Crippen LogP contribution in [0.3, 0.4) is 0 Å². The molecule has 36 heavy (non-hydrogen) atoms. The third-order valence-electron chi connectivity index (χ3n) is 5.17. The Morgan fingerprint density at radius 3 is 1.39 bits per heavy atom. The van der Waals surface area contributed by atoms with Gasteiger partial charge in [0, 0.05) is 62.2 Å². The van der Waals surface area contributed by atoms with Gasteiger partial charge in [-0.2, -0.15) is 0 Å². The molecule has 0 bridgehead atoms. The number of benzene rings is 2. The van der Waals surface area contributed by atoms with E-state index in [0.717, 1.165) is 0 Å². The number of rotatable bonds is 8. The molecule has 10 nitrogen and oxygen atoms in total. The van der Waals surface area contributed by atoms with Gasteiger partial charge in [0.05, 0.1) is 14.2 Å². The Balaban J connectivity index is 1.44. The summed E-state index contributed by atoms with van der Waals surface area (Å²) in [5.41, 5.74) is 0. The summed E-state index contributed by atoms with van der Waals surface area (Å²) in [6.07, 6.45) is -2.87. The lowest BCUT2D eigenvalue weighted by Crippen LogP contribution is -2.51. The van der Waals surface area contributed by atoms with Gasteiger partial charge in [-0.25, -0.2) is 9.59 Å². The van der Waals surface area contributed by atoms with Gasteiger partial charge in [-0.3, -0.25) is 0 Å². The molecule has 2 atom stereocenters. The monoisotopic (exact) mass is 542 g/mol. The molecule has 2 amide bonds. The number of carbonyl (C=O) groups is 2. The lowest BCUT2D eigenvalue weighted by molar-refractivity contribution is -0.0488. The minimum Gasteiger partial charge on any atom is -0.493 e. The van der Waals surface area contributed by atoms with Crippen molar-refractivity contribution >= 4 is 35.4 Å². The molecule has 3 rings (SSSR count). The maximum atomic E-state index is 12.5. The van der Waals surface area contributed by atoms with Gasteiger partial charge < -0.3 is 38.2 Å². The van der Waals surface area contributed by atoms with Crippen molar-refractivity contribution in [3.63, 3.8) is 0 Å². The number of piperazine rings is 1. The van der Waals surface area contributed by atoms with Gasteiger partial charge in [-0.1, -0.05) is 23.2 Å². The molecule has 0 aromatic heterocycles. The molecule has 1 saturated heterocycles. The summed E-state index contributed by atoms with van der Waals surface area (Å²) in [5.74, 6) is 1.63. The van der Waals surface area contributed by atoms with E-state index in [4.69, 9.17) is 51.6 Å². The average Bonchev–Trinajstić information content (AvgIpc) is 2.86. The Morgan fingerprint density at radius 1 is 0.694 bits per heavy atom. The summed E-state index contributed by atoms with van der Waals surface area (Å²) in [4.78, 5) is 28.1. The summed E-state index contributed by atoms with van der Waals surface area (Å²) in [6.45, 7) is 4.26. The van der Waals surface area contributed by atoms with Crippen molar-refractivity contribution in [2.45, 2.75) is 26.4 Å². The molecule has 196 valence electrons. The van der Waals surface area contributed by atoms with Crippen LogP contribution in [-0.2, 0) is 9.47 Å². The Bertz CT molecular complexity index is 979. The summed E-state index contributed by atoms with van der Waals surface area (Å²) in [7, 11) is 2.97. The molecule has 0 unspecified atom stereocenters. The Kier molecular flexibility index (Phi) is 9.60. The number of ether oxygens (including phenoxy) is 6. The van der Waals surface area contributed by atoms with Gasteiger partial charge >= 0.3 is 12.2 Å². The summed E-state index contributed by atoms with van der Waals surface area (Å²) >= 11 is 11.9. The van der Waals surface area contributed by atoms with Crippen LogP contribution in [0.25, 0.3) is 0 Å². The van der Waals surface area contributed by atoms with Gasteiger partial charge in [0.1, 0.15) is 0 Å². The number of amides is 2. The minimum absolute atomic E-state index is 0.269. The topological polar surface area (TPSA) is 96.0 Å². The van der Waals surface area contributed by atoms with Crippen molar-refractivity contribution in [3.8, 4) is 23.0 Å². The normalized spacial score (nSPS) is 14.9. The lowest BCUT2D eigenvalue weighted by atomic mass is 10.3. The van der Waals surface area contributed by atoms with Gasteiger partial charge in [-0.05, 0) is 24.3 Å². The SMILES string of the molecule is COc1cc(Cl)ccc1O[C@@H](C)OC(=O)N1CCN(C(=O)O[C@H](C)Oc2ccc(Cl)cc2OC)CC1. The van der Waals surface area contributed by atoms with Crippen molar-refractivity contribution in [3.05, 3.63) is 46.4 Å². The van der Waals surface area contributed by atoms with Crippen molar-refractivity contribution in [1.29, 1.82) is 0 Å². The van der Waals surface area contributed by atoms with Crippen LogP contribution in [0.2, 0.25) is 10.0 Å². The first-order valence-corrected chi connectivity index (χ1v) is 11.9. The third kappa shape index (κ3) is 7.38. The molecule has 1 aliphatic heterocycles. The van der Waals surface area contributed by atoms with Gasteiger partial charge in [0.15, 0.2) is 23.0 Å². The second kappa shape index (κ2) is 12.6. The largest absolute Gasteiger partial charge is 0.493 e. The standard InChI is InChI=1S/C24H28Cl2N2O8/c1-15(33-19-7-5-17(25)13-21(19)31-3)35-23(29)27-9-11-28(12-10-27)24(30)36-16(2)34-20-8-6-18(26)14-22(20)32-4/h5-8,13-16H,9-12H2,1-4H3/t15-,16-/m1/s1. The van der Waals surface area contributed by atoms with Crippen LogP contribution >= 0.6 is 23.2 Å². The summed E-state index contributed by atoms with van der Waals surface area (Å²) in [6, 6.07) is 9.74. The van der Waals surface area contributed by atoms with Crippen molar-refractivity contribution in [2.24, 2.45) is 0 Å². The Labute approximate surface area is 219 Å². The van der Waals surface area contributed by atoms with Crippen molar-refractivity contribution in [2.75, 3.05) is 40.4 Å². The zero-order valence-electron chi connectivity index (χ0n) is 20.4. The fourth-order valence-electron chi connectivity index (χ4n) is 3.39. The number of methoxy groups -OCH3 is 2. The maximum Gasteiger partial charge on any atom is 0.412 e. The summed E-state index contributed by atoms with van der Waals surface area (Å²) < 4.78 is 32.5. The number of hydrogen-bond donors (Lipinski definition) is 0. The van der Waals surface area contributed by atoms with Crippen LogP contribution in [0.1, 0.15) is 13.8 Å². The highest BCUT2D eigenvalue weighted by atomic mass is 35.5. The smallest absolute Gasteiger partial charge is 0.412 e. The van der Waals surface area contributed by atoms with Crippen molar-refractivity contribution < 1.29 is 38.0 Å². The van der Waals surface area contributed by atoms with Crippen LogP contribution in [0.15, 0.2) is 36.4 Å². The maximum absolute atomic E-state index is 12.5. The second-order valence-corrected chi connectivity index (χ2v) is 8.58. The fourth-order valence-corrected chi connectivity index (χ4v) is 3.71. The van der Waals surface area contributed by atoms with E-state index in [0.29, 0.717) is 33.0 Å². The second-order valence-electron chi connectivity index (χ2n) is 7.70. The van der Waals surface area contributed by atoms with E-state index < -0.39 is 24.8 Å². The lowest BCUT2D eigenvalue weighted by Gasteiger charge is -2.34. The molecule has 1 heterocycles. The highest BCUT2D eigenvalue weighted by molar-refractivity contribution is 6.31. The molecule has 1 fully saturated rings. The number of carbonyl (C=O) groups excluding carboxylic acids is 2. The molecule has 0 saturated carbocycles. The van der Waals surface area contributed by atoms with Crippen LogP contribution in [0, 0.1) is 0 Å². The van der Waals surface area contributed by atoms with Gasteiger partial charge in [0.2, 0.25) is 12.6 Å². The number of hydrogen-bond acceptors (Lipinski definition) is 8.